The minimum Gasteiger partial charge on any atom is -0.487 e. The summed E-state index contributed by atoms with van der Waals surface area (Å²) < 4.78 is 13.4. The van der Waals surface area contributed by atoms with Crippen molar-refractivity contribution >= 4 is 12.0 Å². The molecular formula is C28H35N5O4. The first kappa shape index (κ1) is 25.1. The molecule has 3 aliphatic rings. The molecule has 1 aromatic heterocycles. The maximum atomic E-state index is 13.7. The van der Waals surface area contributed by atoms with Gasteiger partial charge in [0.2, 0.25) is 0 Å². The van der Waals surface area contributed by atoms with Crippen molar-refractivity contribution in [2.24, 2.45) is 5.92 Å². The number of nitrogens with zero attached hydrogens (tertiary/aromatic N) is 4. The molecule has 4 heterocycles. The number of piperidine rings is 1. The normalized spacial score (nSPS) is 20.5. The van der Waals surface area contributed by atoms with E-state index in [1.54, 1.807) is 20.5 Å². The zero-order chi connectivity index (χ0) is 26.0. The van der Waals surface area contributed by atoms with Gasteiger partial charge in [-0.25, -0.2) is 4.79 Å². The van der Waals surface area contributed by atoms with Crippen LogP contribution in [0.1, 0.15) is 49.8 Å². The smallest absolute Gasteiger partial charge is 0.416 e. The summed E-state index contributed by atoms with van der Waals surface area (Å²) in [6.45, 7) is 8.60. The lowest BCUT2D eigenvalue weighted by Gasteiger charge is -2.44. The summed E-state index contributed by atoms with van der Waals surface area (Å²) in [5, 5.41) is 7.98. The Morgan fingerprint density at radius 3 is 2.62 bits per heavy atom. The summed E-state index contributed by atoms with van der Waals surface area (Å²) in [5.74, 6) is 0.798. The second-order valence-corrected chi connectivity index (χ2v) is 10.6. The lowest BCUT2D eigenvalue weighted by atomic mass is 9.91. The van der Waals surface area contributed by atoms with E-state index >= 15 is 0 Å². The first-order valence-electron chi connectivity index (χ1n) is 13.0. The molecule has 0 aliphatic carbocycles. The summed E-state index contributed by atoms with van der Waals surface area (Å²) in [6, 6.07) is 11.3. The number of carbonyl (C=O) groups excluding carboxylic acids is 2. The number of aromatic nitrogens is 2. The number of para-hydroxylation sites is 1. The Kier molecular flexibility index (Phi) is 7.06. The Morgan fingerprint density at radius 1 is 1.14 bits per heavy atom. The quantitative estimate of drug-likeness (QED) is 0.662. The minimum absolute atomic E-state index is 0.167. The highest BCUT2D eigenvalue weighted by molar-refractivity contribution is 5.94. The van der Waals surface area contributed by atoms with Gasteiger partial charge < -0.3 is 19.7 Å². The first-order valence-corrected chi connectivity index (χ1v) is 13.0. The molecule has 9 heteroatoms. The van der Waals surface area contributed by atoms with Crippen molar-refractivity contribution in [3.8, 4) is 5.75 Å². The maximum absolute atomic E-state index is 13.7. The van der Waals surface area contributed by atoms with Gasteiger partial charge in [-0.15, -0.1) is 0 Å². The summed E-state index contributed by atoms with van der Waals surface area (Å²) in [5.41, 5.74) is 1.44. The van der Waals surface area contributed by atoms with Crippen molar-refractivity contribution in [3.05, 3.63) is 71.7 Å². The summed E-state index contributed by atoms with van der Waals surface area (Å²) in [7, 11) is 0. The molecule has 0 saturated carbocycles. The molecule has 1 N–H and O–H groups in total. The van der Waals surface area contributed by atoms with Gasteiger partial charge in [0.25, 0.3) is 5.91 Å². The zero-order valence-electron chi connectivity index (χ0n) is 21.7. The Bertz CT molecular complexity index is 1190. The molecule has 0 spiro atoms. The van der Waals surface area contributed by atoms with E-state index in [0.717, 1.165) is 37.4 Å². The number of amides is 2. The Morgan fingerprint density at radius 2 is 1.89 bits per heavy atom. The molecule has 2 aromatic rings. The van der Waals surface area contributed by atoms with E-state index < -0.39 is 17.9 Å². The van der Waals surface area contributed by atoms with Crippen LogP contribution in [0.5, 0.6) is 5.75 Å². The number of benzene rings is 1. The average Bonchev–Trinajstić information content (AvgIpc) is 3.32. The van der Waals surface area contributed by atoms with Gasteiger partial charge in [0.15, 0.2) is 0 Å². The van der Waals surface area contributed by atoms with Crippen LogP contribution in [0.15, 0.2) is 60.3 Å². The van der Waals surface area contributed by atoms with Gasteiger partial charge in [-0.1, -0.05) is 24.3 Å². The largest absolute Gasteiger partial charge is 0.487 e. The first-order chi connectivity index (χ1) is 17.8. The van der Waals surface area contributed by atoms with Gasteiger partial charge in [-0.3, -0.25) is 14.4 Å². The van der Waals surface area contributed by atoms with E-state index in [-0.39, 0.29) is 18.4 Å². The molecule has 9 nitrogen and oxygen atoms in total. The topological polar surface area (TPSA) is 88.9 Å². The highest BCUT2D eigenvalue weighted by Crippen LogP contribution is 2.33. The Labute approximate surface area is 217 Å². The highest BCUT2D eigenvalue weighted by Gasteiger charge is 2.41. The van der Waals surface area contributed by atoms with E-state index in [2.05, 4.69) is 10.4 Å². The monoisotopic (exact) mass is 505 g/mol. The average molecular weight is 506 g/mol. The molecule has 0 bridgehead atoms. The molecule has 3 aliphatic heterocycles. The van der Waals surface area contributed by atoms with Gasteiger partial charge in [-0.2, -0.15) is 5.10 Å². The molecular weight excluding hydrogens is 470 g/mol. The second-order valence-electron chi connectivity index (χ2n) is 10.6. The number of hydrogen-bond acceptors (Lipinski definition) is 6. The van der Waals surface area contributed by atoms with Crippen molar-refractivity contribution in [1.29, 1.82) is 0 Å². The van der Waals surface area contributed by atoms with E-state index in [4.69, 9.17) is 9.47 Å². The van der Waals surface area contributed by atoms with Crippen LogP contribution >= 0.6 is 0 Å². The third-order valence-electron chi connectivity index (χ3n) is 6.75. The van der Waals surface area contributed by atoms with Gasteiger partial charge in [0.05, 0.1) is 6.54 Å². The molecule has 1 unspecified atom stereocenters. The molecule has 5 rings (SSSR count). The van der Waals surface area contributed by atoms with Crippen LogP contribution in [0.25, 0.3) is 0 Å². The van der Waals surface area contributed by atoms with Crippen LogP contribution < -0.4 is 10.1 Å². The molecule has 1 saturated heterocycles. The standard InChI is InChI=1S/C28H35N5O4/c1-28(2,3)37-27(35)33-23(20-12-14-29-15-13-20)10-7-11-25(33)31-16-17-32-24(26(31)34)18-21(30-32)19-36-22-8-5-4-6-9-22/h4-11,18,20,25,29H,12-17,19H2,1-3H3. The van der Waals surface area contributed by atoms with Crippen molar-refractivity contribution in [1.82, 2.24) is 24.9 Å². The van der Waals surface area contributed by atoms with Crippen LogP contribution in [-0.4, -0.2) is 63.0 Å². The molecule has 1 aromatic carbocycles. The molecule has 0 radical (unpaired) electrons. The van der Waals surface area contributed by atoms with E-state index in [1.807, 2.05) is 69.3 Å². The SMILES string of the molecule is CC(C)(C)OC(=O)N1C(C2CCNCC2)=CC=CC1N1CCn2nc(COc3ccccc3)cc2C1=O. The van der Waals surface area contributed by atoms with Gasteiger partial charge in [-0.05, 0) is 77.1 Å². The predicted molar refractivity (Wildman–Crippen MR) is 139 cm³/mol. The van der Waals surface area contributed by atoms with Gasteiger partial charge >= 0.3 is 6.09 Å². The number of fused-ring (bicyclic) bond motifs is 1. The molecule has 196 valence electrons. The van der Waals surface area contributed by atoms with Crippen LogP contribution in [0.2, 0.25) is 0 Å². The number of allylic oxidation sites excluding steroid dienone is 3. The molecule has 2 amide bonds. The van der Waals surface area contributed by atoms with E-state index in [1.165, 1.54) is 0 Å². The maximum Gasteiger partial charge on any atom is 0.416 e. The van der Waals surface area contributed by atoms with Crippen molar-refractivity contribution < 1.29 is 19.1 Å². The lowest BCUT2D eigenvalue weighted by molar-refractivity contribution is 0.00377. The number of nitrogens with one attached hydrogen (secondary N) is 1. The van der Waals surface area contributed by atoms with Crippen molar-refractivity contribution in [2.45, 2.75) is 58.5 Å². The van der Waals surface area contributed by atoms with Crippen LogP contribution in [-0.2, 0) is 17.9 Å². The molecule has 1 atom stereocenters. The number of ether oxygens (including phenoxy) is 2. The summed E-state index contributed by atoms with van der Waals surface area (Å²) >= 11 is 0. The summed E-state index contributed by atoms with van der Waals surface area (Å²) in [4.78, 5) is 30.7. The van der Waals surface area contributed by atoms with Crippen molar-refractivity contribution in [3.63, 3.8) is 0 Å². The Balaban J connectivity index is 1.38. The Hall–Kier alpha value is -3.59. The fourth-order valence-electron chi connectivity index (χ4n) is 5.05. The fraction of sp³-hybridized carbons (Fsp3) is 0.464. The fourth-order valence-corrected chi connectivity index (χ4v) is 5.05. The molecule has 1 fully saturated rings. The van der Waals surface area contributed by atoms with Crippen LogP contribution in [0.4, 0.5) is 4.79 Å². The van der Waals surface area contributed by atoms with Crippen LogP contribution in [0.3, 0.4) is 0 Å². The van der Waals surface area contributed by atoms with Gasteiger partial charge in [0.1, 0.15) is 35.5 Å². The number of carbonyl (C=O) groups is 2. The van der Waals surface area contributed by atoms with Crippen LogP contribution in [0, 0.1) is 5.92 Å². The zero-order valence-corrected chi connectivity index (χ0v) is 21.7. The second kappa shape index (κ2) is 10.4. The number of rotatable bonds is 5. The van der Waals surface area contributed by atoms with Crippen molar-refractivity contribution in [2.75, 3.05) is 19.6 Å². The van der Waals surface area contributed by atoms with E-state index in [9.17, 15) is 9.59 Å². The van der Waals surface area contributed by atoms with Gasteiger partial charge in [0, 0.05) is 18.2 Å². The molecule has 37 heavy (non-hydrogen) atoms. The number of hydrogen-bond donors (Lipinski definition) is 1. The minimum atomic E-state index is -0.653. The summed E-state index contributed by atoms with van der Waals surface area (Å²) in [6.07, 6.45) is 6.71. The van der Waals surface area contributed by atoms with E-state index in [0.29, 0.717) is 24.5 Å². The third kappa shape index (κ3) is 5.56. The highest BCUT2D eigenvalue weighted by atomic mass is 16.6. The third-order valence-corrected chi connectivity index (χ3v) is 6.75. The predicted octanol–water partition coefficient (Wildman–Crippen LogP) is 3.93. The lowest BCUT2D eigenvalue weighted by Crippen LogP contribution is -2.57.